The van der Waals surface area contributed by atoms with Gasteiger partial charge in [-0.15, -0.1) is 0 Å². The van der Waals surface area contributed by atoms with Crippen molar-refractivity contribution in [1.82, 2.24) is 14.2 Å². The Morgan fingerprint density at radius 3 is 2.48 bits per heavy atom. The third kappa shape index (κ3) is 4.47. The van der Waals surface area contributed by atoms with Crippen molar-refractivity contribution in [2.24, 2.45) is 0 Å². The second-order valence-corrected chi connectivity index (χ2v) is 9.51. The van der Waals surface area contributed by atoms with E-state index in [1.54, 1.807) is 4.90 Å². The number of aromatic amines is 1. The Balaban J connectivity index is 1.30. The van der Waals surface area contributed by atoms with E-state index in [2.05, 4.69) is 11.1 Å². The van der Waals surface area contributed by atoms with Gasteiger partial charge in [0.2, 0.25) is 15.9 Å². The molecule has 31 heavy (non-hydrogen) atoms. The van der Waals surface area contributed by atoms with Crippen LogP contribution in [0, 0.1) is 11.6 Å². The van der Waals surface area contributed by atoms with E-state index >= 15 is 0 Å². The lowest BCUT2D eigenvalue weighted by Crippen LogP contribution is -2.50. The number of aromatic nitrogens is 1. The normalized spacial score (nSPS) is 15.5. The quantitative estimate of drug-likeness (QED) is 0.630. The molecule has 0 radical (unpaired) electrons. The number of piperazine rings is 1. The van der Waals surface area contributed by atoms with Gasteiger partial charge in [-0.2, -0.15) is 4.31 Å². The Kier molecular flexibility index (Phi) is 6.06. The van der Waals surface area contributed by atoms with E-state index in [-0.39, 0.29) is 37.0 Å². The molecule has 0 spiro atoms. The highest BCUT2D eigenvalue weighted by atomic mass is 32.2. The molecule has 1 saturated heterocycles. The summed E-state index contributed by atoms with van der Waals surface area (Å²) in [7, 11) is -3.93. The van der Waals surface area contributed by atoms with Crippen molar-refractivity contribution in [2.45, 2.75) is 24.2 Å². The monoisotopic (exact) mass is 447 g/mol. The molecule has 0 saturated carbocycles. The highest BCUT2D eigenvalue weighted by Gasteiger charge is 2.30. The third-order valence-electron chi connectivity index (χ3n) is 5.63. The standard InChI is InChI=1S/C22H23F2N3O3S/c23-19-9-8-17(14-20(19)24)31(29,30)27-12-10-26(11-13-27)22(28)7-3-4-16-15-25-21-6-2-1-5-18(16)21/h1-2,5-6,8-9,14-15,25H,3-4,7,10-13H2. The first-order chi connectivity index (χ1) is 14.9. The van der Waals surface area contributed by atoms with E-state index in [1.807, 2.05) is 24.4 Å². The topological polar surface area (TPSA) is 73.5 Å². The number of halogens is 2. The summed E-state index contributed by atoms with van der Waals surface area (Å²) in [5.41, 5.74) is 2.24. The fourth-order valence-electron chi connectivity index (χ4n) is 3.89. The lowest BCUT2D eigenvalue weighted by Gasteiger charge is -2.34. The van der Waals surface area contributed by atoms with Crippen LogP contribution in [0.2, 0.25) is 0 Å². The second-order valence-electron chi connectivity index (χ2n) is 7.57. The van der Waals surface area contributed by atoms with Crippen molar-refractivity contribution in [3.05, 3.63) is 65.9 Å². The number of fused-ring (bicyclic) bond motifs is 1. The van der Waals surface area contributed by atoms with Crippen LogP contribution < -0.4 is 0 Å². The summed E-state index contributed by atoms with van der Waals surface area (Å²) in [6.45, 7) is 0.786. The van der Waals surface area contributed by atoms with Crippen LogP contribution in [0.15, 0.2) is 53.6 Å². The Morgan fingerprint density at radius 2 is 1.74 bits per heavy atom. The number of nitrogens with zero attached hydrogens (tertiary/aromatic N) is 2. The van der Waals surface area contributed by atoms with E-state index in [4.69, 9.17) is 0 Å². The van der Waals surface area contributed by atoms with Gasteiger partial charge in [0, 0.05) is 49.7 Å². The van der Waals surface area contributed by atoms with Gasteiger partial charge in [0.25, 0.3) is 0 Å². The number of hydrogen-bond acceptors (Lipinski definition) is 3. The Morgan fingerprint density at radius 1 is 1.00 bits per heavy atom. The van der Waals surface area contributed by atoms with Crippen LogP contribution in [0.5, 0.6) is 0 Å². The number of hydrogen-bond donors (Lipinski definition) is 1. The smallest absolute Gasteiger partial charge is 0.243 e. The summed E-state index contributed by atoms with van der Waals surface area (Å²) in [4.78, 5) is 17.2. The molecule has 3 aromatic rings. The van der Waals surface area contributed by atoms with E-state index in [0.717, 1.165) is 29.5 Å². The molecule has 0 atom stereocenters. The van der Waals surface area contributed by atoms with E-state index in [9.17, 15) is 22.0 Å². The molecule has 2 aromatic carbocycles. The first-order valence-corrected chi connectivity index (χ1v) is 11.6. The first kappa shape index (κ1) is 21.5. The van der Waals surface area contributed by atoms with Crippen LogP contribution in [0.1, 0.15) is 18.4 Å². The Bertz CT molecular complexity index is 1200. The molecule has 1 aliphatic rings. The van der Waals surface area contributed by atoms with Gasteiger partial charge in [-0.25, -0.2) is 17.2 Å². The second kappa shape index (κ2) is 8.76. The van der Waals surface area contributed by atoms with E-state index in [1.165, 1.54) is 9.87 Å². The molecule has 0 bridgehead atoms. The molecule has 164 valence electrons. The van der Waals surface area contributed by atoms with Crippen molar-refractivity contribution >= 4 is 26.8 Å². The van der Waals surface area contributed by atoms with Crippen LogP contribution >= 0.6 is 0 Å². The SMILES string of the molecule is O=C(CCCc1c[nH]c2ccccc12)N1CCN(S(=O)(=O)c2ccc(F)c(F)c2)CC1. The molecule has 1 aliphatic heterocycles. The van der Waals surface area contributed by atoms with Crippen molar-refractivity contribution in [1.29, 1.82) is 0 Å². The minimum Gasteiger partial charge on any atom is -0.361 e. The highest BCUT2D eigenvalue weighted by molar-refractivity contribution is 7.89. The van der Waals surface area contributed by atoms with E-state index < -0.39 is 21.7 Å². The molecule has 6 nitrogen and oxygen atoms in total. The maximum Gasteiger partial charge on any atom is 0.243 e. The molecular weight excluding hydrogens is 424 g/mol. The number of amides is 1. The summed E-state index contributed by atoms with van der Waals surface area (Å²) >= 11 is 0. The first-order valence-electron chi connectivity index (χ1n) is 10.1. The number of H-pyrrole nitrogens is 1. The predicted octanol–water partition coefficient (Wildman–Crippen LogP) is 3.30. The predicted molar refractivity (Wildman–Crippen MR) is 113 cm³/mol. The summed E-state index contributed by atoms with van der Waals surface area (Å²) in [6, 6.07) is 10.6. The number of rotatable bonds is 6. The molecule has 1 aromatic heterocycles. The number of benzene rings is 2. The maximum atomic E-state index is 13.4. The van der Waals surface area contributed by atoms with Crippen molar-refractivity contribution in [3.63, 3.8) is 0 Å². The van der Waals surface area contributed by atoms with Gasteiger partial charge in [-0.3, -0.25) is 4.79 Å². The van der Waals surface area contributed by atoms with Gasteiger partial charge in [0.15, 0.2) is 11.6 Å². The maximum absolute atomic E-state index is 13.4. The van der Waals surface area contributed by atoms with Crippen LogP contribution in [-0.2, 0) is 21.2 Å². The molecule has 0 unspecified atom stereocenters. The average molecular weight is 448 g/mol. The largest absolute Gasteiger partial charge is 0.361 e. The Labute approximate surface area is 179 Å². The van der Waals surface area contributed by atoms with Crippen molar-refractivity contribution in [2.75, 3.05) is 26.2 Å². The number of aryl methyl sites for hydroxylation is 1. The molecule has 9 heteroatoms. The summed E-state index contributed by atoms with van der Waals surface area (Å²) < 4.78 is 53.1. The van der Waals surface area contributed by atoms with Gasteiger partial charge in [-0.05, 0) is 42.7 Å². The van der Waals surface area contributed by atoms with Gasteiger partial charge >= 0.3 is 0 Å². The number of carbonyl (C=O) groups excluding carboxylic acids is 1. The third-order valence-corrected chi connectivity index (χ3v) is 7.53. The van der Waals surface area contributed by atoms with Crippen LogP contribution in [0.4, 0.5) is 8.78 Å². The molecule has 1 fully saturated rings. The average Bonchev–Trinajstić information content (AvgIpc) is 3.19. The lowest BCUT2D eigenvalue weighted by molar-refractivity contribution is -0.132. The fourth-order valence-corrected chi connectivity index (χ4v) is 5.33. The zero-order valence-electron chi connectivity index (χ0n) is 16.9. The Hall–Kier alpha value is -2.78. The fraction of sp³-hybridized carbons (Fsp3) is 0.318. The molecule has 1 N–H and O–H groups in total. The molecular formula is C22H23F2N3O3S. The zero-order chi connectivity index (χ0) is 22.0. The summed E-state index contributed by atoms with van der Waals surface area (Å²) in [5, 5.41) is 1.16. The van der Waals surface area contributed by atoms with Crippen LogP contribution in [-0.4, -0.2) is 54.7 Å². The molecule has 0 aliphatic carbocycles. The molecule has 4 rings (SSSR count). The summed E-state index contributed by atoms with van der Waals surface area (Å²) in [6.07, 6.45) is 3.83. The van der Waals surface area contributed by atoms with Crippen LogP contribution in [0.3, 0.4) is 0 Å². The van der Waals surface area contributed by atoms with Gasteiger partial charge in [-0.1, -0.05) is 18.2 Å². The highest BCUT2D eigenvalue weighted by Crippen LogP contribution is 2.22. The zero-order valence-corrected chi connectivity index (χ0v) is 17.7. The minimum atomic E-state index is -3.93. The van der Waals surface area contributed by atoms with Gasteiger partial charge in [0.05, 0.1) is 4.90 Å². The van der Waals surface area contributed by atoms with Crippen LogP contribution in [0.25, 0.3) is 10.9 Å². The number of sulfonamides is 1. The minimum absolute atomic E-state index is 0.00952. The molecule has 2 heterocycles. The van der Waals surface area contributed by atoms with Crippen molar-refractivity contribution < 1.29 is 22.0 Å². The van der Waals surface area contributed by atoms with Gasteiger partial charge in [0.1, 0.15) is 0 Å². The summed E-state index contributed by atoms with van der Waals surface area (Å²) in [5.74, 6) is -2.31. The lowest BCUT2D eigenvalue weighted by atomic mass is 10.1. The number of carbonyl (C=O) groups is 1. The molecule has 1 amide bonds. The van der Waals surface area contributed by atoms with E-state index in [0.29, 0.717) is 18.9 Å². The van der Waals surface area contributed by atoms with Crippen molar-refractivity contribution in [3.8, 4) is 0 Å². The number of para-hydroxylation sites is 1. The number of nitrogens with one attached hydrogen (secondary N) is 1. The van der Waals surface area contributed by atoms with Gasteiger partial charge < -0.3 is 9.88 Å².